The Hall–Kier alpha value is -1.24. The van der Waals surface area contributed by atoms with Gasteiger partial charge in [-0.2, -0.15) is 0 Å². The molecule has 1 aromatic rings. The van der Waals surface area contributed by atoms with Gasteiger partial charge in [0, 0.05) is 0 Å². The molecular weight excluding hydrogens is 172 g/mol. The van der Waals surface area contributed by atoms with Crippen molar-refractivity contribution in [2.75, 3.05) is 0 Å². The topological polar surface area (TPSA) is 20.2 Å². The minimum Gasteiger partial charge on any atom is -0.508 e. The van der Waals surface area contributed by atoms with E-state index in [0.717, 1.165) is 12.0 Å². The molecule has 0 amide bonds. The first kappa shape index (κ1) is 10.8. The first-order valence-electron chi connectivity index (χ1n) is 5.28. The Morgan fingerprint density at radius 1 is 1.14 bits per heavy atom. The van der Waals surface area contributed by atoms with Crippen LogP contribution in [-0.4, -0.2) is 5.11 Å². The maximum atomic E-state index is 9.07. The Kier molecular flexibility index (Phi) is 4.84. The Labute approximate surface area is 86.1 Å². The van der Waals surface area contributed by atoms with Gasteiger partial charge in [-0.05, 0) is 30.5 Å². The standard InChI is InChI=1S/C13H18O/c1-2-3-4-5-6-7-12-8-10-13(14)11-9-12/h6-11,14H,2-5H2,1H3/b7-6+. The van der Waals surface area contributed by atoms with Crippen molar-refractivity contribution in [2.24, 2.45) is 0 Å². The highest BCUT2D eigenvalue weighted by Gasteiger charge is 1.87. The molecule has 0 aromatic heterocycles. The van der Waals surface area contributed by atoms with E-state index in [2.05, 4.69) is 19.1 Å². The van der Waals surface area contributed by atoms with Gasteiger partial charge < -0.3 is 5.11 Å². The summed E-state index contributed by atoms with van der Waals surface area (Å²) in [7, 11) is 0. The van der Waals surface area contributed by atoms with E-state index in [4.69, 9.17) is 5.11 Å². The third kappa shape index (κ3) is 4.13. The molecule has 0 atom stereocenters. The molecule has 0 fully saturated rings. The second-order valence-electron chi connectivity index (χ2n) is 3.49. The van der Waals surface area contributed by atoms with Gasteiger partial charge in [0.25, 0.3) is 0 Å². The van der Waals surface area contributed by atoms with Gasteiger partial charge in [0.05, 0.1) is 0 Å². The lowest BCUT2D eigenvalue weighted by Crippen LogP contribution is -1.72. The van der Waals surface area contributed by atoms with Gasteiger partial charge in [0.1, 0.15) is 5.75 Å². The van der Waals surface area contributed by atoms with Gasteiger partial charge in [-0.1, -0.05) is 44.1 Å². The van der Waals surface area contributed by atoms with Gasteiger partial charge in [-0.3, -0.25) is 0 Å². The van der Waals surface area contributed by atoms with Crippen LogP contribution < -0.4 is 0 Å². The number of aromatic hydroxyl groups is 1. The van der Waals surface area contributed by atoms with Crippen molar-refractivity contribution in [3.05, 3.63) is 35.9 Å². The lowest BCUT2D eigenvalue weighted by Gasteiger charge is -1.94. The van der Waals surface area contributed by atoms with Crippen LogP contribution in [0.2, 0.25) is 0 Å². The summed E-state index contributed by atoms with van der Waals surface area (Å²) in [4.78, 5) is 0. The van der Waals surface area contributed by atoms with E-state index in [-0.39, 0.29) is 0 Å². The molecule has 1 N–H and O–H groups in total. The molecule has 76 valence electrons. The van der Waals surface area contributed by atoms with Crippen molar-refractivity contribution >= 4 is 6.08 Å². The molecule has 0 heterocycles. The van der Waals surface area contributed by atoms with E-state index in [1.165, 1.54) is 19.3 Å². The molecular formula is C13H18O. The smallest absolute Gasteiger partial charge is 0.115 e. The lowest BCUT2D eigenvalue weighted by molar-refractivity contribution is 0.475. The van der Waals surface area contributed by atoms with Crippen LogP contribution in [0.4, 0.5) is 0 Å². The van der Waals surface area contributed by atoms with Crippen LogP contribution in [-0.2, 0) is 0 Å². The summed E-state index contributed by atoms with van der Waals surface area (Å²) >= 11 is 0. The average molecular weight is 190 g/mol. The highest BCUT2D eigenvalue weighted by Crippen LogP contribution is 2.11. The lowest BCUT2D eigenvalue weighted by atomic mass is 10.1. The molecule has 0 spiro atoms. The summed E-state index contributed by atoms with van der Waals surface area (Å²) in [5.74, 6) is 0.327. The zero-order valence-corrected chi connectivity index (χ0v) is 8.74. The van der Waals surface area contributed by atoms with Crippen LogP contribution in [0.1, 0.15) is 38.2 Å². The summed E-state index contributed by atoms with van der Waals surface area (Å²) in [6, 6.07) is 7.27. The molecule has 1 heteroatoms. The van der Waals surface area contributed by atoms with Gasteiger partial charge in [0.2, 0.25) is 0 Å². The summed E-state index contributed by atoms with van der Waals surface area (Å²) in [6.45, 7) is 2.21. The van der Waals surface area contributed by atoms with Crippen LogP contribution in [0.3, 0.4) is 0 Å². The van der Waals surface area contributed by atoms with Crippen LogP contribution in [0.5, 0.6) is 5.75 Å². The predicted octanol–water partition coefficient (Wildman–Crippen LogP) is 3.99. The van der Waals surface area contributed by atoms with E-state index in [9.17, 15) is 0 Å². The van der Waals surface area contributed by atoms with Crippen LogP contribution in [0, 0.1) is 0 Å². The molecule has 0 aliphatic rings. The van der Waals surface area contributed by atoms with Crippen molar-refractivity contribution in [3.63, 3.8) is 0 Å². The van der Waals surface area contributed by atoms with Crippen LogP contribution in [0.25, 0.3) is 6.08 Å². The van der Waals surface area contributed by atoms with E-state index in [1.807, 2.05) is 12.1 Å². The highest BCUT2D eigenvalue weighted by molar-refractivity contribution is 5.50. The molecule has 0 radical (unpaired) electrons. The van der Waals surface area contributed by atoms with E-state index in [0.29, 0.717) is 5.75 Å². The van der Waals surface area contributed by atoms with Crippen molar-refractivity contribution in [2.45, 2.75) is 32.6 Å². The first-order valence-corrected chi connectivity index (χ1v) is 5.28. The number of unbranched alkanes of at least 4 members (excludes halogenated alkanes) is 3. The third-order valence-corrected chi connectivity index (χ3v) is 2.18. The van der Waals surface area contributed by atoms with E-state index < -0.39 is 0 Å². The second kappa shape index (κ2) is 6.25. The van der Waals surface area contributed by atoms with Crippen LogP contribution >= 0.6 is 0 Å². The fourth-order valence-electron chi connectivity index (χ4n) is 1.32. The molecule has 0 aliphatic carbocycles. The zero-order chi connectivity index (χ0) is 10.2. The molecule has 1 aromatic carbocycles. The quantitative estimate of drug-likeness (QED) is 0.696. The number of hydrogen-bond acceptors (Lipinski definition) is 1. The number of rotatable bonds is 5. The number of hydrogen-bond donors (Lipinski definition) is 1. The normalized spacial score (nSPS) is 10.9. The monoisotopic (exact) mass is 190 g/mol. The number of benzene rings is 1. The van der Waals surface area contributed by atoms with Crippen LogP contribution in [0.15, 0.2) is 30.3 Å². The van der Waals surface area contributed by atoms with Crippen molar-refractivity contribution in [1.29, 1.82) is 0 Å². The van der Waals surface area contributed by atoms with Crippen molar-refractivity contribution < 1.29 is 5.11 Å². The molecule has 0 saturated heterocycles. The maximum absolute atomic E-state index is 9.07. The van der Waals surface area contributed by atoms with Gasteiger partial charge in [-0.15, -0.1) is 0 Å². The first-order chi connectivity index (χ1) is 6.83. The molecule has 0 saturated carbocycles. The Bertz CT molecular complexity index is 272. The van der Waals surface area contributed by atoms with Gasteiger partial charge >= 0.3 is 0 Å². The number of allylic oxidation sites excluding steroid dienone is 1. The largest absolute Gasteiger partial charge is 0.508 e. The molecule has 0 aliphatic heterocycles. The second-order valence-corrected chi connectivity index (χ2v) is 3.49. The Morgan fingerprint density at radius 2 is 1.86 bits per heavy atom. The molecule has 0 unspecified atom stereocenters. The fraction of sp³-hybridized carbons (Fsp3) is 0.385. The maximum Gasteiger partial charge on any atom is 0.115 e. The average Bonchev–Trinajstić information content (AvgIpc) is 2.21. The molecule has 1 rings (SSSR count). The van der Waals surface area contributed by atoms with E-state index in [1.54, 1.807) is 12.1 Å². The summed E-state index contributed by atoms with van der Waals surface area (Å²) in [6.07, 6.45) is 9.30. The van der Waals surface area contributed by atoms with E-state index >= 15 is 0 Å². The van der Waals surface area contributed by atoms with Crippen molar-refractivity contribution in [3.8, 4) is 5.75 Å². The number of phenols is 1. The fourth-order valence-corrected chi connectivity index (χ4v) is 1.32. The molecule has 0 bridgehead atoms. The Morgan fingerprint density at radius 3 is 2.50 bits per heavy atom. The summed E-state index contributed by atoms with van der Waals surface area (Å²) < 4.78 is 0. The highest BCUT2D eigenvalue weighted by atomic mass is 16.3. The minimum absolute atomic E-state index is 0.327. The summed E-state index contributed by atoms with van der Waals surface area (Å²) in [5.41, 5.74) is 1.15. The van der Waals surface area contributed by atoms with Crippen molar-refractivity contribution in [1.82, 2.24) is 0 Å². The van der Waals surface area contributed by atoms with Gasteiger partial charge in [0.15, 0.2) is 0 Å². The predicted molar refractivity (Wildman–Crippen MR) is 61.3 cm³/mol. The zero-order valence-electron chi connectivity index (χ0n) is 8.74. The van der Waals surface area contributed by atoms with Gasteiger partial charge in [-0.25, -0.2) is 0 Å². The summed E-state index contributed by atoms with van der Waals surface area (Å²) in [5, 5.41) is 9.07. The minimum atomic E-state index is 0.327. The molecule has 14 heavy (non-hydrogen) atoms. The molecule has 1 nitrogen and oxygen atoms in total. The Balaban J connectivity index is 2.33. The SMILES string of the molecule is CCCCC/C=C/c1ccc(O)cc1. The third-order valence-electron chi connectivity index (χ3n) is 2.18. The number of phenolic OH excluding ortho intramolecular Hbond substituents is 1.